The molecule has 0 N–H and O–H groups in total. The molecule has 1 fully saturated rings. The summed E-state index contributed by atoms with van der Waals surface area (Å²) in [5, 5.41) is 0. The molecule has 0 amide bonds. The van der Waals surface area contributed by atoms with Gasteiger partial charge in [0, 0.05) is 12.1 Å². The lowest BCUT2D eigenvalue weighted by Gasteiger charge is -2.42. The monoisotopic (exact) mass is 169 g/mol. The highest BCUT2D eigenvalue weighted by atomic mass is 15.1. The van der Waals surface area contributed by atoms with Gasteiger partial charge in [-0.3, -0.25) is 0 Å². The number of hydrogen-bond acceptors (Lipinski definition) is 1. The lowest BCUT2D eigenvalue weighted by atomic mass is 9.72. The fraction of sp³-hybridized carbons (Fsp3) is 1.00. The molecule has 0 radical (unpaired) electrons. The zero-order valence-corrected chi connectivity index (χ0v) is 9.17. The maximum Gasteiger partial charge on any atom is 0.00950 e. The van der Waals surface area contributed by atoms with E-state index in [1.807, 2.05) is 0 Å². The van der Waals surface area contributed by atoms with Crippen molar-refractivity contribution >= 4 is 0 Å². The predicted octanol–water partition coefficient (Wildman–Crippen LogP) is 2.76. The molecule has 1 aliphatic carbocycles. The normalized spacial score (nSPS) is 32.2. The van der Waals surface area contributed by atoms with Crippen molar-refractivity contribution in [1.82, 2.24) is 4.90 Å². The van der Waals surface area contributed by atoms with Crippen LogP contribution < -0.4 is 0 Å². The van der Waals surface area contributed by atoms with Gasteiger partial charge in [-0.2, -0.15) is 0 Å². The summed E-state index contributed by atoms with van der Waals surface area (Å²) in [7, 11) is 2.25. The van der Waals surface area contributed by atoms with E-state index in [2.05, 4.69) is 39.6 Å². The summed E-state index contributed by atoms with van der Waals surface area (Å²) in [6.07, 6.45) is 2.89. The Morgan fingerprint density at radius 1 is 1.17 bits per heavy atom. The van der Waals surface area contributed by atoms with Crippen molar-refractivity contribution in [3.05, 3.63) is 0 Å². The molecule has 0 heterocycles. The van der Waals surface area contributed by atoms with Crippen molar-refractivity contribution in [1.29, 1.82) is 0 Å². The molecule has 0 aromatic carbocycles. The maximum atomic E-state index is 2.50. The minimum atomic E-state index is 0.691. The van der Waals surface area contributed by atoms with Crippen LogP contribution in [0.3, 0.4) is 0 Å². The summed E-state index contributed by atoms with van der Waals surface area (Å²) < 4.78 is 0. The highest BCUT2D eigenvalue weighted by Gasteiger charge is 2.32. The van der Waals surface area contributed by atoms with Crippen LogP contribution in [0.4, 0.5) is 0 Å². The molecule has 1 rings (SSSR count). The van der Waals surface area contributed by atoms with Gasteiger partial charge in [0.05, 0.1) is 0 Å². The molecule has 0 aromatic heterocycles. The quantitative estimate of drug-likeness (QED) is 0.628. The van der Waals surface area contributed by atoms with Crippen molar-refractivity contribution in [2.24, 2.45) is 11.8 Å². The first-order valence-corrected chi connectivity index (χ1v) is 5.24. The lowest BCUT2D eigenvalue weighted by Crippen LogP contribution is -2.44. The molecule has 12 heavy (non-hydrogen) atoms. The van der Waals surface area contributed by atoms with Crippen molar-refractivity contribution < 1.29 is 0 Å². The third kappa shape index (κ3) is 2.01. The van der Waals surface area contributed by atoms with E-state index >= 15 is 0 Å². The molecular weight excluding hydrogens is 146 g/mol. The van der Waals surface area contributed by atoms with Gasteiger partial charge >= 0.3 is 0 Å². The largest absolute Gasteiger partial charge is 0.301 e. The van der Waals surface area contributed by atoms with Crippen LogP contribution in [0.5, 0.6) is 0 Å². The van der Waals surface area contributed by atoms with Gasteiger partial charge < -0.3 is 4.90 Å². The topological polar surface area (TPSA) is 3.24 Å². The van der Waals surface area contributed by atoms with Gasteiger partial charge in [-0.15, -0.1) is 0 Å². The van der Waals surface area contributed by atoms with Gasteiger partial charge in [-0.1, -0.05) is 6.92 Å². The fourth-order valence-electron chi connectivity index (χ4n) is 2.16. The van der Waals surface area contributed by atoms with Crippen LogP contribution in [-0.2, 0) is 0 Å². The summed E-state index contributed by atoms with van der Waals surface area (Å²) in [6, 6.07) is 1.47. The zero-order chi connectivity index (χ0) is 9.30. The summed E-state index contributed by atoms with van der Waals surface area (Å²) in [5.74, 6) is 1.95. The molecule has 1 saturated carbocycles. The molecule has 0 saturated heterocycles. The summed E-state index contributed by atoms with van der Waals surface area (Å²) in [5.41, 5.74) is 0. The first kappa shape index (κ1) is 10.0. The molecule has 1 heteroatoms. The molecule has 1 aliphatic rings. The third-order valence-electron chi connectivity index (χ3n) is 3.55. The van der Waals surface area contributed by atoms with Crippen molar-refractivity contribution in [2.45, 2.75) is 52.6 Å². The Bertz CT molecular complexity index is 136. The van der Waals surface area contributed by atoms with E-state index in [4.69, 9.17) is 0 Å². The number of rotatable bonds is 3. The fourth-order valence-corrected chi connectivity index (χ4v) is 2.16. The molecule has 72 valence electrons. The van der Waals surface area contributed by atoms with Crippen molar-refractivity contribution in [3.8, 4) is 0 Å². The van der Waals surface area contributed by atoms with Crippen LogP contribution in [0.25, 0.3) is 0 Å². The average molecular weight is 169 g/mol. The second-order valence-corrected chi connectivity index (χ2v) is 4.84. The van der Waals surface area contributed by atoms with Gasteiger partial charge in [-0.25, -0.2) is 0 Å². The number of hydrogen-bond donors (Lipinski definition) is 0. The van der Waals surface area contributed by atoms with Crippen molar-refractivity contribution in [3.63, 3.8) is 0 Å². The van der Waals surface area contributed by atoms with Crippen LogP contribution in [0.15, 0.2) is 0 Å². The van der Waals surface area contributed by atoms with E-state index in [0.717, 1.165) is 17.9 Å². The van der Waals surface area contributed by atoms with E-state index in [-0.39, 0.29) is 0 Å². The molecule has 0 spiro atoms. The minimum absolute atomic E-state index is 0.691. The van der Waals surface area contributed by atoms with Crippen LogP contribution in [0, 0.1) is 11.8 Å². The van der Waals surface area contributed by atoms with Crippen molar-refractivity contribution in [2.75, 3.05) is 7.05 Å². The average Bonchev–Trinajstić information content (AvgIpc) is 1.95. The Balaban J connectivity index is 2.32. The first-order chi connectivity index (χ1) is 5.52. The smallest absolute Gasteiger partial charge is 0.00950 e. The van der Waals surface area contributed by atoms with Crippen LogP contribution in [-0.4, -0.2) is 24.0 Å². The van der Waals surface area contributed by atoms with Gasteiger partial charge in [0.2, 0.25) is 0 Å². The molecule has 1 nitrogen and oxygen atoms in total. The Morgan fingerprint density at radius 3 is 2.00 bits per heavy atom. The van der Waals surface area contributed by atoms with Gasteiger partial charge in [-0.05, 0) is 52.5 Å². The van der Waals surface area contributed by atoms with E-state index in [1.54, 1.807) is 0 Å². The number of nitrogens with zero attached hydrogens (tertiary/aromatic N) is 1. The highest BCUT2D eigenvalue weighted by Crippen LogP contribution is 2.37. The van der Waals surface area contributed by atoms with E-state index in [9.17, 15) is 0 Å². The molecule has 0 aromatic rings. The summed E-state index contributed by atoms with van der Waals surface area (Å²) in [6.45, 7) is 9.28. The Morgan fingerprint density at radius 2 is 1.67 bits per heavy atom. The minimum Gasteiger partial charge on any atom is -0.301 e. The van der Waals surface area contributed by atoms with Gasteiger partial charge in [0.1, 0.15) is 0 Å². The van der Waals surface area contributed by atoms with Crippen LogP contribution >= 0.6 is 0 Å². The molecule has 1 unspecified atom stereocenters. The standard InChI is InChI=1S/C11H23N/c1-8(2)12(5)10(4)11-6-9(3)7-11/h8-11H,6-7H2,1-5H3. The summed E-state index contributed by atoms with van der Waals surface area (Å²) in [4.78, 5) is 2.50. The van der Waals surface area contributed by atoms with Gasteiger partial charge in [0.15, 0.2) is 0 Å². The van der Waals surface area contributed by atoms with Gasteiger partial charge in [0.25, 0.3) is 0 Å². The highest BCUT2D eigenvalue weighted by molar-refractivity contribution is 4.85. The van der Waals surface area contributed by atoms with Crippen LogP contribution in [0.2, 0.25) is 0 Å². The van der Waals surface area contributed by atoms with E-state index < -0.39 is 0 Å². The second kappa shape index (κ2) is 3.78. The zero-order valence-electron chi connectivity index (χ0n) is 9.17. The molecule has 0 aliphatic heterocycles. The Hall–Kier alpha value is -0.0400. The molecular formula is C11H23N. The van der Waals surface area contributed by atoms with E-state index in [1.165, 1.54) is 12.8 Å². The molecule has 0 bridgehead atoms. The Kier molecular flexibility index (Phi) is 3.16. The Labute approximate surface area is 77.1 Å². The predicted molar refractivity (Wildman–Crippen MR) is 54.2 cm³/mol. The maximum absolute atomic E-state index is 2.50. The second-order valence-electron chi connectivity index (χ2n) is 4.84. The van der Waals surface area contributed by atoms with E-state index in [0.29, 0.717) is 6.04 Å². The van der Waals surface area contributed by atoms with Crippen LogP contribution in [0.1, 0.15) is 40.5 Å². The first-order valence-electron chi connectivity index (χ1n) is 5.24. The lowest BCUT2D eigenvalue weighted by molar-refractivity contribution is 0.0739. The third-order valence-corrected chi connectivity index (χ3v) is 3.55. The molecule has 1 atom stereocenters. The summed E-state index contributed by atoms with van der Waals surface area (Å²) >= 11 is 0. The SMILES string of the molecule is CC1CC(C(C)N(C)C(C)C)C1.